The Bertz CT molecular complexity index is 2040. The van der Waals surface area contributed by atoms with E-state index in [1.807, 2.05) is 0 Å². The number of hydrogen-bond donors (Lipinski definition) is 3. The Balaban J connectivity index is 5.32. The fourth-order valence-corrected chi connectivity index (χ4v) is 13.3. The first-order chi connectivity index (χ1) is 48.7. The van der Waals surface area contributed by atoms with Gasteiger partial charge in [-0.15, -0.1) is 0 Å². The maximum atomic E-state index is 13.1. The number of rotatable bonds is 79. The zero-order valence-electron chi connectivity index (χ0n) is 64.4. The lowest BCUT2D eigenvalue weighted by atomic mass is 10.0. The second kappa shape index (κ2) is 74.5. The van der Waals surface area contributed by atoms with Crippen LogP contribution in [-0.2, 0) is 65.4 Å². The molecule has 0 aromatic rings. The van der Waals surface area contributed by atoms with Crippen LogP contribution in [0.15, 0.2) is 36.5 Å². The van der Waals surface area contributed by atoms with E-state index in [1.54, 1.807) is 0 Å². The van der Waals surface area contributed by atoms with Gasteiger partial charge in [0.25, 0.3) is 0 Å². The van der Waals surface area contributed by atoms with Gasteiger partial charge in [-0.05, 0) is 103 Å². The Labute approximate surface area is 611 Å². The minimum absolute atomic E-state index is 0.0947. The summed E-state index contributed by atoms with van der Waals surface area (Å²) in [6.45, 7) is 4.94. The third-order valence-corrected chi connectivity index (χ3v) is 20.0. The molecule has 0 saturated heterocycles. The highest BCUT2D eigenvalue weighted by Gasteiger charge is 2.30. The number of phosphoric acid groups is 2. The van der Waals surface area contributed by atoms with Crippen molar-refractivity contribution in [1.82, 2.24) is 0 Å². The van der Waals surface area contributed by atoms with Crippen LogP contribution < -0.4 is 0 Å². The molecular formula is C81H152O17P2. The number of aliphatic hydroxyl groups excluding tert-OH is 1. The topological polar surface area (TPSA) is 237 Å². The number of carbonyl (C=O) groups excluding carboxylic acids is 4. The molecule has 0 aromatic heterocycles. The number of aliphatic hydroxyl groups is 1. The lowest BCUT2D eigenvalue weighted by molar-refractivity contribution is -0.161. The molecule has 2 unspecified atom stereocenters. The van der Waals surface area contributed by atoms with Crippen molar-refractivity contribution in [3.8, 4) is 0 Å². The lowest BCUT2D eigenvalue weighted by Crippen LogP contribution is -2.30. The molecule has 0 bridgehead atoms. The monoisotopic (exact) mass is 1460 g/mol. The van der Waals surface area contributed by atoms with E-state index in [4.69, 9.17) is 37.0 Å². The van der Waals surface area contributed by atoms with E-state index in [-0.39, 0.29) is 25.7 Å². The van der Waals surface area contributed by atoms with Gasteiger partial charge in [0.1, 0.15) is 19.3 Å². The van der Waals surface area contributed by atoms with Crippen molar-refractivity contribution in [2.75, 3.05) is 39.6 Å². The van der Waals surface area contributed by atoms with Gasteiger partial charge in [0.2, 0.25) is 0 Å². The summed E-state index contributed by atoms with van der Waals surface area (Å²) < 4.78 is 68.7. The molecule has 0 heterocycles. The van der Waals surface area contributed by atoms with Crippen LogP contribution >= 0.6 is 15.6 Å². The predicted octanol–water partition coefficient (Wildman–Crippen LogP) is 23.9. The highest BCUT2D eigenvalue weighted by atomic mass is 31.2. The number of allylic oxidation sites excluding steroid dienone is 6. The van der Waals surface area contributed by atoms with E-state index in [9.17, 15) is 43.2 Å². The highest BCUT2D eigenvalue weighted by Crippen LogP contribution is 2.45. The fourth-order valence-electron chi connectivity index (χ4n) is 11.7. The van der Waals surface area contributed by atoms with Crippen LogP contribution in [0.5, 0.6) is 0 Å². The molecule has 0 aliphatic heterocycles. The Morgan fingerprint density at radius 1 is 0.270 bits per heavy atom. The summed E-state index contributed by atoms with van der Waals surface area (Å²) in [5.41, 5.74) is 0. The third-order valence-electron chi connectivity index (χ3n) is 18.1. The second-order valence-electron chi connectivity index (χ2n) is 28.1. The van der Waals surface area contributed by atoms with Crippen LogP contribution in [0.2, 0.25) is 0 Å². The standard InChI is InChI=1S/C81H152O17P2/c1-5-9-13-17-21-25-29-33-37-41-45-49-53-57-61-65-78(83)91-71-76(97-80(85)67-63-59-55-51-47-43-39-35-31-27-23-19-15-11-7-3)73-95-99(87,88)93-69-75(82)70-94-100(89,90)96-74-77(98-81(86)68-64-60-56-52-48-44-40-36-32-28-24-20-16-12-8-4)72-92-79(84)66-62-58-54-50-46-42-38-34-30-26-22-18-14-10-6-2/h27,31,33-34,37-38,75-77,82H,5-26,28-30,32,35-36,39-74H2,1-4H3,(H,87,88)(H,89,90)/b31-27-,37-33-,38-34-/t75-,76-,77-/m1/s1. The first kappa shape index (κ1) is 97.3. The van der Waals surface area contributed by atoms with Gasteiger partial charge in [0.05, 0.1) is 26.4 Å². The summed E-state index contributed by atoms with van der Waals surface area (Å²) in [6.07, 6.45) is 71.1. The van der Waals surface area contributed by atoms with Gasteiger partial charge in [-0.25, -0.2) is 9.13 Å². The van der Waals surface area contributed by atoms with Gasteiger partial charge in [-0.1, -0.05) is 308 Å². The van der Waals surface area contributed by atoms with E-state index in [0.717, 1.165) is 154 Å². The first-order valence-corrected chi connectivity index (χ1v) is 44.2. The number of esters is 4. The summed E-state index contributed by atoms with van der Waals surface area (Å²) in [4.78, 5) is 73.0. The molecule has 100 heavy (non-hydrogen) atoms. The molecule has 0 aromatic carbocycles. The summed E-state index contributed by atoms with van der Waals surface area (Å²) >= 11 is 0. The average molecular weight is 1460 g/mol. The van der Waals surface area contributed by atoms with Gasteiger partial charge in [0.15, 0.2) is 12.2 Å². The van der Waals surface area contributed by atoms with Crippen LogP contribution in [-0.4, -0.2) is 96.7 Å². The molecule has 0 amide bonds. The van der Waals surface area contributed by atoms with Crippen molar-refractivity contribution < 1.29 is 80.2 Å². The van der Waals surface area contributed by atoms with Crippen molar-refractivity contribution in [3.05, 3.63) is 36.5 Å². The van der Waals surface area contributed by atoms with Crippen molar-refractivity contribution in [2.45, 2.75) is 418 Å². The van der Waals surface area contributed by atoms with Crippen molar-refractivity contribution >= 4 is 39.5 Å². The number of phosphoric ester groups is 2. The molecular weight excluding hydrogens is 1310 g/mol. The number of unbranched alkanes of at least 4 members (excludes halogenated alkanes) is 47. The molecule has 0 spiro atoms. The summed E-state index contributed by atoms with van der Waals surface area (Å²) in [5, 5.41) is 10.6. The first-order valence-electron chi connectivity index (χ1n) is 41.2. The van der Waals surface area contributed by atoms with Crippen molar-refractivity contribution in [2.24, 2.45) is 0 Å². The maximum Gasteiger partial charge on any atom is 0.472 e. The molecule has 0 aliphatic carbocycles. The summed E-state index contributed by atoms with van der Waals surface area (Å²) in [7, 11) is -9.94. The molecule has 0 rings (SSSR count). The molecule has 0 fully saturated rings. The van der Waals surface area contributed by atoms with Gasteiger partial charge < -0.3 is 33.8 Å². The SMILES string of the molecule is CCCCCC/C=C\CCCCCCCCCC(=O)O[C@H](COC(=O)CCCCCCC/C=C\CCCCCCCC)COP(=O)(O)OC[C@@H](O)COP(=O)(O)OC[C@@H](COC(=O)CCCCCCC/C=C\CCCCCCCC)OC(=O)CCCCCCCCCCCCCCCCC. The van der Waals surface area contributed by atoms with Crippen LogP contribution in [0.1, 0.15) is 400 Å². The quantitative estimate of drug-likeness (QED) is 0.0169. The Hall–Kier alpha value is -2.72. The minimum atomic E-state index is -4.97. The molecule has 19 heteroatoms. The Morgan fingerprint density at radius 3 is 0.700 bits per heavy atom. The van der Waals surface area contributed by atoms with E-state index in [1.165, 1.54) is 167 Å². The maximum absolute atomic E-state index is 13.1. The van der Waals surface area contributed by atoms with E-state index in [2.05, 4.69) is 64.2 Å². The highest BCUT2D eigenvalue weighted by molar-refractivity contribution is 7.47. The third kappa shape index (κ3) is 73.6. The predicted molar refractivity (Wildman–Crippen MR) is 409 cm³/mol. The van der Waals surface area contributed by atoms with Crippen LogP contribution in [0.25, 0.3) is 0 Å². The fraction of sp³-hybridized carbons (Fsp3) is 0.877. The molecule has 17 nitrogen and oxygen atoms in total. The van der Waals surface area contributed by atoms with Gasteiger partial charge in [-0.2, -0.15) is 0 Å². The van der Waals surface area contributed by atoms with E-state index < -0.39 is 97.5 Å². The Morgan fingerprint density at radius 2 is 0.460 bits per heavy atom. The van der Waals surface area contributed by atoms with E-state index >= 15 is 0 Å². The smallest absolute Gasteiger partial charge is 0.462 e. The molecule has 0 radical (unpaired) electrons. The minimum Gasteiger partial charge on any atom is -0.462 e. The number of hydrogen-bond acceptors (Lipinski definition) is 15. The largest absolute Gasteiger partial charge is 0.472 e. The zero-order chi connectivity index (χ0) is 73.2. The van der Waals surface area contributed by atoms with Crippen LogP contribution in [0, 0.1) is 0 Å². The van der Waals surface area contributed by atoms with Crippen molar-refractivity contribution in [3.63, 3.8) is 0 Å². The van der Waals surface area contributed by atoms with Gasteiger partial charge in [-0.3, -0.25) is 37.3 Å². The normalized spacial score (nSPS) is 14.0. The van der Waals surface area contributed by atoms with Gasteiger partial charge >= 0.3 is 39.5 Å². The molecule has 3 N–H and O–H groups in total. The Kier molecular flexibility index (Phi) is 72.5. The lowest BCUT2D eigenvalue weighted by Gasteiger charge is -2.21. The van der Waals surface area contributed by atoms with Gasteiger partial charge in [0, 0.05) is 25.7 Å². The summed E-state index contributed by atoms with van der Waals surface area (Å²) in [6, 6.07) is 0. The zero-order valence-corrected chi connectivity index (χ0v) is 66.2. The second-order valence-corrected chi connectivity index (χ2v) is 31.0. The molecule has 588 valence electrons. The summed E-state index contributed by atoms with van der Waals surface area (Å²) in [5.74, 6) is -2.15. The average Bonchev–Trinajstić information content (AvgIpc) is 1.25. The molecule has 0 aliphatic rings. The number of ether oxygens (including phenoxy) is 4. The van der Waals surface area contributed by atoms with Crippen LogP contribution in [0.3, 0.4) is 0 Å². The molecule has 5 atom stereocenters. The van der Waals surface area contributed by atoms with Crippen molar-refractivity contribution in [1.29, 1.82) is 0 Å². The van der Waals surface area contributed by atoms with E-state index in [0.29, 0.717) is 25.7 Å². The molecule has 0 saturated carbocycles. The van der Waals surface area contributed by atoms with Crippen LogP contribution in [0.4, 0.5) is 0 Å². The number of carbonyl (C=O) groups is 4.